The Morgan fingerprint density at radius 2 is 2.02 bits per heavy atom. The van der Waals surface area contributed by atoms with Crippen molar-refractivity contribution in [2.75, 3.05) is 49.6 Å². The summed E-state index contributed by atoms with van der Waals surface area (Å²) >= 11 is 0. The lowest BCUT2D eigenvalue weighted by molar-refractivity contribution is -0.143. The van der Waals surface area contributed by atoms with Gasteiger partial charge in [0.15, 0.2) is 12.0 Å². The molecule has 0 saturated carbocycles. The van der Waals surface area contributed by atoms with E-state index in [0.29, 0.717) is 30.5 Å². The summed E-state index contributed by atoms with van der Waals surface area (Å²) in [6, 6.07) is 14.7. The van der Waals surface area contributed by atoms with Crippen molar-refractivity contribution in [1.82, 2.24) is 19.9 Å². The van der Waals surface area contributed by atoms with Gasteiger partial charge in [-0.05, 0) is 49.4 Å². The largest absolute Gasteiger partial charge is 0.486 e. The van der Waals surface area contributed by atoms with Crippen LogP contribution in [0.1, 0.15) is 26.3 Å². The third-order valence-electron chi connectivity index (χ3n) is 7.19. The van der Waals surface area contributed by atoms with Gasteiger partial charge in [0.2, 0.25) is 5.95 Å². The van der Waals surface area contributed by atoms with Gasteiger partial charge in [-0.1, -0.05) is 7.43 Å². The number of hydrogen-bond donors (Lipinski definition) is 3. The van der Waals surface area contributed by atoms with Crippen LogP contribution in [0, 0.1) is 11.3 Å². The molecule has 3 aromatic rings. The molecule has 0 spiro atoms. The number of halogens is 1. The Balaban J connectivity index is 0.00000423. The first-order chi connectivity index (χ1) is 20.3. The molecular formula is C30H36FN7O5. The first kappa shape index (κ1) is 31.6. The van der Waals surface area contributed by atoms with Crippen molar-refractivity contribution in [1.29, 1.82) is 5.26 Å². The number of aromatic nitrogens is 3. The summed E-state index contributed by atoms with van der Waals surface area (Å²) in [4.78, 5) is 28.4. The highest BCUT2D eigenvalue weighted by atomic mass is 19.1. The quantitative estimate of drug-likeness (QED) is 0.353. The lowest BCUT2D eigenvalue weighted by Gasteiger charge is -2.35. The number of aliphatic hydroxyl groups is 2. The predicted octanol–water partition coefficient (Wildman–Crippen LogP) is 2.69. The molecule has 0 unspecified atom stereocenters. The molecule has 228 valence electrons. The summed E-state index contributed by atoms with van der Waals surface area (Å²) < 4.78 is 26.2. The van der Waals surface area contributed by atoms with Crippen LogP contribution in [0.15, 0.2) is 48.8 Å². The number of alkyl halides is 1. The van der Waals surface area contributed by atoms with Gasteiger partial charge in [0.1, 0.15) is 30.4 Å². The van der Waals surface area contributed by atoms with E-state index in [1.54, 1.807) is 18.2 Å². The molecule has 2 aliphatic heterocycles. The van der Waals surface area contributed by atoms with E-state index in [0.717, 1.165) is 17.9 Å². The number of carbonyl (C=O) groups excluding carboxylic acids is 1. The maximum absolute atomic E-state index is 14.8. The topological polar surface area (TPSA) is 157 Å². The van der Waals surface area contributed by atoms with Crippen molar-refractivity contribution < 1.29 is 28.9 Å². The molecule has 12 nitrogen and oxygen atoms in total. The molecule has 43 heavy (non-hydrogen) atoms. The second-order valence-corrected chi connectivity index (χ2v) is 10.2. The highest BCUT2D eigenvalue weighted by Crippen LogP contribution is 2.29. The number of amides is 1. The van der Waals surface area contributed by atoms with E-state index < -0.39 is 24.3 Å². The average molecular weight is 594 g/mol. The van der Waals surface area contributed by atoms with Crippen LogP contribution in [0.4, 0.5) is 21.7 Å². The second kappa shape index (κ2) is 14.2. The van der Waals surface area contributed by atoms with Crippen LogP contribution in [-0.2, 0) is 9.53 Å². The van der Waals surface area contributed by atoms with E-state index >= 15 is 0 Å². The van der Waals surface area contributed by atoms with E-state index in [2.05, 4.69) is 31.2 Å². The summed E-state index contributed by atoms with van der Waals surface area (Å²) in [6.07, 6.45) is -2.10. The summed E-state index contributed by atoms with van der Waals surface area (Å²) in [7, 11) is 0. The molecule has 0 aliphatic carbocycles. The normalized spacial score (nSPS) is 20.9. The summed E-state index contributed by atoms with van der Waals surface area (Å²) in [5.41, 5.74) is 2.54. The summed E-state index contributed by atoms with van der Waals surface area (Å²) in [6.45, 7) is 3.31. The zero-order chi connectivity index (χ0) is 29.6. The molecule has 1 aromatic heterocycles. The Labute approximate surface area is 249 Å². The molecule has 2 saturated heterocycles. The van der Waals surface area contributed by atoms with Gasteiger partial charge in [0, 0.05) is 43.0 Å². The highest BCUT2D eigenvalue weighted by molar-refractivity contribution is 5.80. The Morgan fingerprint density at radius 1 is 1.23 bits per heavy atom. The molecule has 0 radical (unpaired) electrons. The number of likely N-dealkylation sites (tertiary alicyclic amines) is 1. The smallest absolute Gasteiger partial charge is 0.251 e. The third kappa shape index (κ3) is 7.53. The van der Waals surface area contributed by atoms with Gasteiger partial charge in [-0.15, -0.1) is 0 Å². The molecular weight excluding hydrogens is 557 g/mol. The lowest BCUT2D eigenvalue weighted by atomic mass is 10.0. The number of piperidine rings is 1. The van der Waals surface area contributed by atoms with Crippen molar-refractivity contribution >= 4 is 23.2 Å². The Bertz CT molecular complexity index is 1440. The van der Waals surface area contributed by atoms with Crippen molar-refractivity contribution in [2.24, 2.45) is 0 Å². The number of aliphatic hydroxyl groups excluding tert-OH is 2. The monoisotopic (exact) mass is 593 g/mol. The Kier molecular flexibility index (Phi) is 10.4. The van der Waals surface area contributed by atoms with Gasteiger partial charge in [-0.2, -0.15) is 10.2 Å². The fourth-order valence-corrected chi connectivity index (χ4v) is 4.95. The molecule has 2 fully saturated rings. The summed E-state index contributed by atoms with van der Waals surface area (Å²) in [5, 5.41) is 31.8. The predicted molar refractivity (Wildman–Crippen MR) is 158 cm³/mol. The van der Waals surface area contributed by atoms with Gasteiger partial charge >= 0.3 is 0 Å². The first-order valence-electron chi connectivity index (χ1n) is 13.7. The van der Waals surface area contributed by atoms with E-state index in [9.17, 15) is 24.7 Å². The van der Waals surface area contributed by atoms with Crippen LogP contribution in [0.25, 0.3) is 11.4 Å². The number of hydrogen-bond acceptors (Lipinski definition) is 11. The zero-order valence-corrected chi connectivity index (χ0v) is 23.1. The number of ether oxygens (including phenoxy) is 2. The van der Waals surface area contributed by atoms with Crippen LogP contribution >= 0.6 is 0 Å². The minimum absolute atomic E-state index is 0. The average Bonchev–Trinajstić information content (AvgIpc) is 3.02. The van der Waals surface area contributed by atoms with Crippen molar-refractivity contribution in [3.8, 4) is 23.2 Å². The Morgan fingerprint density at radius 3 is 2.72 bits per heavy atom. The molecule has 2 aliphatic rings. The standard InChI is InChI=1S/C29H32FN7O5.CH4/c1-18(39)28(40)37-9-8-26(24(30)15-37)42-25-7-2-19(12-20(25)13-31)27-32-17-33-29(35-27)34-21-3-5-22(6-4-21)36-10-11-41-23(14-36)16-38;/h2-7,12,17-18,23-24,26,38-39H,8-11,14-16H2,1H3,(H,32,33,34,35);1H4/t18-,23+,24+,26-;/m0./s1. The van der Waals surface area contributed by atoms with Crippen LogP contribution < -0.4 is 15.0 Å². The van der Waals surface area contributed by atoms with Gasteiger partial charge in [0.25, 0.3) is 5.91 Å². The number of rotatable bonds is 8. The number of carbonyl (C=O) groups is 1. The molecule has 5 rings (SSSR count). The van der Waals surface area contributed by atoms with E-state index in [1.165, 1.54) is 18.2 Å². The molecule has 4 atom stereocenters. The fourth-order valence-electron chi connectivity index (χ4n) is 4.95. The van der Waals surface area contributed by atoms with Crippen molar-refractivity contribution in [2.45, 2.75) is 45.3 Å². The molecule has 2 aromatic carbocycles. The maximum atomic E-state index is 14.8. The van der Waals surface area contributed by atoms with Crippen LogP contribution in [-0.4, -0.2) is 99.8 Å². The SMILES string of the molecule is C.C[C@H](O)C(=O)N1CC[C@H](Oc2ccc(-c3ncnc(Nc4ccc(N5CCO[C@@H](CO)C5)cc4)n3)cc2C#N)[C@H](F)C1. The fraction of sp³-hybridized carbons (Fsp3) is 0.433. The minimum Gasteiger partial charge on any atom is -0.486 e. The van der Waals surface area contributed by atoms with E-state index in [4.69, 9.17) is 9.47 Å². The molecule has 3 heterocycles. The second-order valence-electron chi connectivity index (χ2n) is 10.2. The first-order valence-corrected chi connectivity index (χ1v) is 13.7. The van der Waals surface area contributed by atoms with Gasteiger partial charge in [-0.3, -0.25) is 4.79 Å². The van der Waals surface area contributed by atoms with E-state index in [-0.39, 0.29) is 51.0 Å². The Hall–Kier alpha value is -4.38. The van der Waals surface area contributed by atoms with Crippen molar-refractivity contribution in [3.05, 3.63) is 54.4 Å². The maximum Gasteiger partial charge on any atom is 0.251 e. The summed E-state index contributed by atoms with van der Waals surface area (Å²) in [5.74, 6) is 0.356. The number of nitrogens with zero attached hydrogens (tertiary/aromatic N) is 6. The van der Waals surface area contributed by atoms with Crippen LogP contribution in [0.3, 0.4) is 0 Å². The number of anilines is 3. The molecule has 13 heteroatoms. The number of morpholine rings is 1. The van der Waals surface area contributed by atoms with Crippen LogP contribution in [0.2, 0.25) is 0 Å². The zero-order valence-electron chi connectivity index (χ0n) is 23.1. The van der Waals surface area contributed by atoms with Gasteiger partial charge < -0.3 is 34.8 Å². The molecule has 3 N–H and O–H groups in total. The number of benzene rings is 2. The van der Waals surface area contributed by atoms with E-state index in [1.807, 2.05) is 24.3 Å². The van der Waals surface area contributed by atoms with Gasteiger partial charge in [-0.25, -0.2) is 14.4 Å². The molecule has 0 bridgehead atoms. The van der Waals surface area contributed by atoms with Crippen LogP contribution in [0.5, 0.6) is 5.75 Å². The minimum atomic E-state index is -1.47. The van der Waals surface area contributed by atoms with Gasteiger partial charge in [0.05, 0.1) is 31.4 Å². The molecule has 1 amide bonds. The lowest BCUT2D eigenvalue weighted by Crippen LogP contribution is -2.51. The third-order valence-corrected chi connectivity index (χ3v) is 7.19. The van der Waals surface area contributed by atoms with Crippen molar-refractivity contribution in [3.63, 3.8) is 0 Å². The number of nitrogens with one attached hydrogen (secondary N) is 1. The highest BCUT2D eigenvalue weighted by Gasteiger charge is 2.34. The number of nitriles is 1.